The Morgan fingerprint density at radius 2 is 2.15 bits per heavy atom. The Bertz CT molecular complexity index is 372. The lowest BCUT2D eigenvalue weighted by atomic mass is 9.77. The van der Waals surface area contributed by atoms with Gasteiger partial charge in [-0.1, -0.05) is 0 Å². The second-order valence-electron chi connectivity index (χ2n) is 6.76. The molecule has 0 bridgehead atoms. The Morgan fingerprint density at radius 1 is 1.35 bits per heavy atom. The van der Waals surface area contributed by atoms with Gasteiger partial charge in [0.2, 0.25) is 5.91 Å². The third kappa shape index (κ3) is 2.85. The number of hydrogen-bond acceptors (Lipinski definition) is 4. The van der Waals surface area contributed by atoms with Crippen LogP contribution in [0.1, 0.15) is 44.9 Å². The third-order valence-electron chi connectivity index (χ3n) is 5.28. The van der Waals surface area contributed by atoms with Crippen LogP contribution in [-0.2, 0) is 9.53 Å². The second-order valence-corrected chi connectivity index (χ2v) is 6.76. The van der Waals surface area contributed by atoms with Crippen molar-refractivity contribution in [2.75, 3.05) is 20.2 Å². The van der Waals surface area contributed by atoms with Crippen LogP contribution < -0.4 is 11.1 Å². The van der Waals surface area contributed by atoms with Crippen molar-refractivity contribution in [3.8, 4) is 0 Å². The van der Waals surface area contributed by atoms with E-state index in [9.17, 15) is 4.79 Å². The predicted octanol–water partition coefficient (Wildman–Crippen LogP) is 0.626. The van der Waals surface area contributed by atoms with Crippen LogP contribution in [0.5, 0.6) is 0 Å². The highest BCUT2D eigenvalue weighted by atomic mass is 16.5. The van der Waals surface area contributed by atoms with E-state index >= 15 is 0 Å². The van der Waals surface area contributed by atoms with Gasteiger partial charge in [0.1, 0.15) is 0 Å². The number of hydrogen-bond donors (Lipinski definition) is 2. The van der Waals surface area contributed by atoms with E-state index in [0.29, 0.717) is 18.2 Å². The highest BCUT2D eigenvalue weighted by Crippen LogP contribution is 2.35. The van der Waals surface area contributed by atoms with Gasteiger partial charge in [0.25, 0.3) is 0 Å². The molecule has 3 unspecified atom stereocenters. The molecule has 1 amide bonds. The first kappa shape index (κ1) is 14.3. The molecule has 3 aliphatic rings. The molecule has 0 aromatic rings. The number of primary amides is 1. The van der Waals surface area contributed by atoms with Crippen molar-refractivity contribution in [1.29, 1.82) is 0 Å². The standard InChI is InChI=1S/C15H27N3O2/c1-20-13-6-8-18(10-13)12-3-2-7-15(9-12,14(16)19)17-11-4-5-11/h11-13,17H,2-10H2,1H3,(H2,16,19). The normalized spacial score (nSPS) is 39.0. The molecule has 3 fully saturated rings. The number of nitrogens with zero attached hydrogens (tertiary/aromatic N) is 1. The summed E-state index contributed by atoms with van der Waals surface area (Å²) in [5.74, 6) is -0.156. The molecule has 0 radical (unpaired) electrons. The van der Waals surface area contributed by atoms with Crippen molar-refractivity contribution in [1.82, 2.24) is 10.2 Å². The van der Waals surface area contributed by atoms with Crippen molar-refractivity contribution < 1.29 is 9.53 Å². The summed E-state index contributed by atoms with van der Waals surface area (Å²) in [6.45, 7) is 2.08. The lowest BCUT2D eigenvalue weighted by molar-refractivity contribution is -0.126. The minimum Gasteiger partial charge on any atom is -0.380 e. The number of likely N-dealkylation sites (tertiary alicyclic amines) is 1. The molecule has 1 aliphatic heterocycles. The zero-order chi connectivity index (χ0) is 14.2. The zero-order valence-electron chi connectivity index (χ0n) is 12.4. The highest BCUT2D eigenvalue weighted by molar-refractivity contribution is 5.85. The zero-order valence-corrected chi connectivity index (χ0v) is 12.4. The van der Waals surface area contributed by atoms with Crippen LogP contribution in [0.15, 0.2) is 0 Å². The number of methoxy groups -OCH3 is 1. The van der Waals surface area contributed by atoms with Crippen molar-refractivity contribution in [3.63, 3.8) is 0 Å². The molecule has 1 heterocycles. The van der Waals surface area contributed by atoms with E-state index < -0.39 is 5.54 Å². The van der Waals surface area contributed by atoms with E-state index in [1.807, 2.05) is 0 Å². The molecule has 114 valence electrons. The van der Waals surface area contributed by atoms with Gasteiger partial charge >= 0.3 is 0 Å². The minimum atomic E-state index is -0.463. The molecule has 1 saturated heterocycles. The largest absolute Gasteiger partial charge is 0.380 e. The van der Waals surface area contributed by atoms with Gasteiger partial charge in [0.05, 0.1) is 11.6 Å². The summed E-state index contributed by atoms with van der Waals surface area (Å²) >= 11 is 0. The van der Waals surface area contributed by atoms with Gasteiger partial charge in [0.15, 0.2) is 0 Å². The van der Waals surface area contributed by atoms with Gasteiger partial charge in [-0.2, -0.15) is 0 Å². The van der Waals surface area contributed by atoms with E-state index in [1.54, 1.807) is 7.11 Å². The molecule has 3 atom stereocenters. The van der Waals surface area contributed by atoms with Gasteiger partial charge in [-0.25, -0.2) is 0 Å². The van der Waals surface area contributed by atoms with Crippen LogP contribution in [0, 0.1) is 0 Å². The number of nitrogens with two attached hydrogens (primary N) is 1. The molecule has 5 heteroatoms. The average Bonchev–Trinajstić information content (AvgIpc) is 3.12. The fourth-order valence-corrected chi connectivity index (χ4v) is 3.88. The van der Waals surface area contributed by atoms with E-state index in [1.165, 1.54) is 19.3 Å². The smallest absolute Gasteiger partial charge is 0.237 e. The van der Waals surface area contributed by atoms with E-state index in [-0.39, 0.29) is 5.91 Å². The Kier molecular flexibility index (Phi) is 4.02. The molecular formula is C15H27N3O2. The van der Waals surface area contributed by atoms with Gasteiger partial charge in [-0.3, -0.25) is 9.69 Å². The lowest BCUT2D eigenvalue weighted by Gasteiger charge is -2.42. The van der Waals surface area contributed by atoms with Crippen molar-refractivity contribution in [3.05, 3.63) is 0 Å². The fraction of sp³-hybridized carbons (Fsp3) is 0.933. The topological polar surface area (TPSA) is 67.6 Å². The number of carbonyl (C=O) groups excluding carboxylic acids is 1. The maximum atomic E-state index is 12.0. The van der Waals surface area contributed by atoms with Crippen LogP contribution in [-0.4, -0.2) is 54.7 Å². The maximum absolute atomic E-state index is 12.0. The van der Waals surface area contributed by atoms with Crippen LogP contribution in [0.25, 0.3) is 0 Å². The van der Waals surface area contributed by atoms with E-state index in [2.05, 4.69) is 10.2 Å². The fourth-order valence-electron chi connectivity index (χ4n) is 3.88. The first-order valence-corrected chi connectivity index (χ1v) is 7.97. The number of rotatable bonds is 5. The Labute approximate surface area is 121 Å². The van der Waals surface area contributed by atoms with Gasteiger partial charge < -0.3 is 15.8 Å². The molecule has 0 aromatic heterocycles. The Morgan fingerprint density at radius 3 is 2.75 bits per heavy atom. The summed E-state index contributed by atoms with van der Waals surface area (Å²) in [7, 11) is 1.79. The van der Waals surface area contributed by atoms with E-state index in [0.717, 1.165) is 38.8 Å². The second kappa shape index (κ2) is 5.62. The van der Waals surface area contributed by atoms with Crippen LogP contribution in [0.3, 0.4) is 0 Å². The predicted molar refractivity (Wildman–Crippen MR) is 77.3 cm³/mol. The molecule has 2 saturated carbocycles. The van der Waals surface area contributed by atoms with Crippen molar-refractivity contribution in [2.24, 2.45) is 5.73 Å². The molecule has 0 aromatic carbocycles. The van der Waals surface area contributed by atoms with Gasteiger partial charge in [-0.15, -0.1) is 0 Å². The molecule has 3 N–H and O–H groups in total. The number of amides is 1. The summed E-state index contributed by atoms with van der Waals surface area (Å²) in [4.78, 5) is 14.5. The molecular weight excluding hydrogens is 254 g/mol. The summed E-state index contributed by atoms with van der Waals surface area (Å²) in [5.41, 5.74) is 5.28. The third-order valence-corrected chi connectivity index (χ3v) is 5.28. The maximum Gasteiger partial charge on any atom is 0.237 e. The Hall–Kier alpha value is -0.650. The summed E-state index contributed by atoms with van der Waals surface area (Å²) in [6.07, 6.45) is 7.87. The molecule has 5 nitrogen and oxygen atoms in total. The summed E-state index contributed by atoms with van der Waals surface area (Å²) in [6, 6.07) is 0.995. The van der Waals surface area contributed by atoms with Crippen molar-refractivity contribution >= 4 is 5.91 Å². The molecule has 20 heavy (non-hydrogen) atoms. The minimum absolute atomic E-state index is 0.156. The lowest BCUT2D eigenvalue weighted by Crippen LogP contribution is -2.61. The summed E-state index contributed by atoms with van der Waals surface area (Å²) < 4.78 is 5.46. The quantitative estimate of drug-likeness (QED) is 0.775. The average molecular weight is 281 g/mol. The first-order valence-electron chi connectivity index (χ1n) is 7.97. The van der Waals surface area contributed by atoms with Crippen LogP contribution in [0.4, 0.5) is 0 Å². The van der Waals surface area contributed by atoms with E-state index in [4.69, 9.17) is 10.5 Å². The number of nitrogens with one attached hydrogen (secondary N) is 1. The van der Waals surface area contributed by atoms with Gasteiger partial charge in [0, 0.05) is 32.3 Å². The number of ether oxygens (including phenoxy) is 1. The van der Waals surface area contributed by atoms with Gasteiger partial charge in [-0.05, 0) is 44.9 Å². The van der Waals surface area contributed by atoms with Crippen molar-refractivity contribution in [2.45, 2.75) is 68.7 Å². The highest BCUT2D eigenvalue weighted by Gasteiger charge is 2.46. The van der Waals surface area contributed by atoms with Crippen LogP contribution >= 0.6 is 0 Å². The monoisotopic (exact) mass is 281 g/mol. The van der Waals surface area contributed by atoms with Crippen LogP contribution in [0.2, 0.25) is 0 Å². The first-order chi connectivity index (χ1) is 9.63. The number of carbonyl (C=O) groups is 1. The molecule has 0 spiro atoms. The SMILES string of the molecule is COC1CCN(C2CCCC(NC3CC3)(C(N)=O)C2)C1. The Balaban J connectivity index is 1.66. The molecule has 2 aliphatic carbocycles. The molecule has 3 rings (SSSR count). The summed E-state index contributed by atoms with van der Waals surface area (Å²) in [5, 5.41) is 3.55.